The van der Waals surface area contributed by atoms with E-state index in [4.69, 9.17) is 0 Å². The molecule has 1 fully saturated rings. The van der Waals surface area contributed by atoms with E-state index in [1.54, 1.807) is 28.7 Å². The van der Waals surface area contributed by atoms with Crippen molar-refractivity contribution in [2.45, 2.75) is 31.8 Å². The van der Waals surface area contributed by atoms with Gasteiger partial charge in [-0.2, -0.15) is 5.10 Å². The fourth-order valence-electron chi connectivity index (χ4n) is 3.26. The Morgan fingerprint density at radius 3 is 2.87 bits per heavy atom. The van der Waals surface area contributed by atoms with E-state index < -0.39 is 0 Å². The second-order valence-corrected chi connectivity index (χ2v) is 7.87. The molecule has 1 saturated heterocycles. The Morgan fingerprint density at radius 2 is 2.26 bits per heavy atom. The van der Waals surface area contributed by atoms with Crippen LogP contribution in [-0.2, 0) is 7.05 Å². The van der Waals surface area contributed by atoms with Crippen molar-refractivity contribution in [3.8, 4) is 0 Å². The molecule has 1 aliphatic heterocycles. The average Bonchev–Trinajstić information content (AvgIpc) is 2.90. The van der Waals surface area contributed by atoms with Crippen molar-refractivity contribution in [1.29, 1.82) is 0 Å². The van der Waals surface area contributed by atoms with Crippen molar-refractivity contribution in [3.63, 3.8) is 0 Å². The topological polar surface area (TPSA) is 51.0 Å². The largest absolute Gasteiger partial charge is 0.330 e. The highest BCUT2D eigenvalue weighted by atomic mass is 32.2. The zero-order valence-electron chi connectivity index (χ0n) is 14.0. The van der Waals surface area contributed by atoms with Gasteiger partial charge in [0.25, 0.3) is 5.91 Å². The van der Waals surface area contributed by atoms with Gasteiger partial charge in [0.05, 0.1) is 17.3 Å². The number of hydrogen-bond donors (Lipinski definition) is 0. The van der Waals surface area contributed by atoms with Crippen LogP contribution in [0, 0.1) is 5.41 Å². The molecule has 5 nitrogen and oxygen atoms in total. The van der Waals surface area contributed by atoms with Crippen molar-refractivity contribution in [2.24, 2.45) is 12.5 Å². The van der Waals surface area contributed by atoms with Crippen LogP contribution >= 0.6 is 11.8 Å². The first-order valence-electron chi connectivity index (χ1n) is 7.81. The Labute approximate surface area is 141 Å². The molecule has 1 amide bonds. The van der Waals surface area contributed by atoms with Crippen LogP contribution < -0.4 is 0 Å². The van der Waals surface area contributed by atoms with Crippen LogP contribution in [0.25, 0.3) is 0 Å². The lowest BCUT2D eigenvalue weighted by Crippen LogP contribution is -2.57. The van der Waals surface area contributed by atoms with Crippen LogP contribution in [0.3, 0.4) is 0 Å². The second-order valence-electron chi connectivity index (χ2n) is 6.59. The van der Waals surface area contributed by atoms with E-state index in [2.05, 4.69) is 30.9 Å². The molecule has 0 saturated carbocycles. The molecule has 1 aliphatic rings. The molecule has 0 bridgehead atoms. The second kappa shape index (κ2) is 6.00. The molecular formula is C17H22N4OS. The number of rotatable bonds is 4. The van der Waals surface area contributed by atoms with E-state index in [1.807, 2.05) is 30.4 Å². The van der Waals surface area contributed by atoms with Gasteiger partial charge < -0.3 is 4.90 Å². The van der Waals surface area contributed by atoms with Crippen LogP contribution in [-0.4, -0.2) is 37.9 Å². The van der Waals surface area contributed by atoms with Crippen molar-refractivity contribution in [3.05, 3.63) is 41.9 Å². The van der Waals surface area contributed by atoms with Gasteiger partial charge in [0.2, 0.25) is 0 Å². The Hall–Kier alpha value is -1.82. The molecule has 0 spiro atoms. The van der Waals surface area contributed by atoms with E-state index in [0.29, 0.717) is 5.56 Å². The van der Waals surface area contributed by atoms with Crippen molar-refractivity contribution >= 4 is 17.7 Å². The summed E-state index contributed by atoms with van der Waals surface area (Å²) in [6.45, 7) is 7.22. The van der Waals surface area contributed by atoms with Crippen LogP contribution in [0.1, 0.15) is 42.7 Å². The zero-order valence-corrected chi connectivity index (χ0v) is 14.8. The number of carbonyl (C=O) groups is 1. The fraction of sp³-hybridized carbons (Fsp3) is 0.471. The molecular weight excluding hydrogens is 308 g/mol. The van der Waals surface area contributed by atoms with E-state index in [-0.39, 0.29) is 17.4 Å². The summed E-state index contributed by atoms with van der Waals surface area (Å²) in [5.41, 5.74) is 1.86. The van der Waals surface area contributed by atoms with Crippen molar-refractivity contribution < 1.29 is 4.79 Å². The van der Waals surface area contributed by atoms with Gasteiger partial charge in [0.15, 0.2) is 0 Å². The standard InChI is InChI=1S/C17H22N4OS/c1-5-23-14-8-12(6-7-18-14)16(22)21-11-17(2,3)15(21)13-9-19-20(4)10-13/h6-10,15H,5,11H2,1-4H3/t15-/m0/s1. The van der Waals surface area contributed by atoms with Crippen molar-refractivity contribution in [1.82, 2.24) is 19.7 Å². The fourth-order valence-corrected chi connectivity index (χ4v) is 3.90. The number of amides is 1. The van der Waals surface area contributed by atoms with Gasteiger partial charge >= 0.3 is 0 Å². The normalized spacial score (nSPS) is 19.5. The average molecular weight is 330 g/mol. The molecule has 1 atom stereocenters. The molecule has 2 aromatic rings. The summed E-state index contributed by atoms with van der Waals surface area (Å²) < 4.78 is 1.79. The van der Waals surface area contributed by atoms with Gasteiger partial charge in [-0.3, -0.25) is 9.48 Å². The summed E-state index contributed by atoms with van der Waals surface area (Å²) in [4.78, 5) is 19.2. The highest BCUT2D eigenvalue weighted by molar-refractivity contribution is 7.99. The van der Waals surface area contributed by atoms with Crippen LogP contribution in [0.2, 0.25) is 0 Å². The quantitative estimate of drug-likeness (QED) is 0.808. The molecule has 0 aliphatic carbocycles. The van der Waals surface area contributed by atoms with Gasteiger partial charge in [-0.1, -0.05) is 20.8 Å². The van der Waals surface area contributed by atoms with Crippen LogP contribution in [0.15, 0.2) is 35.7 Å². The molecule has 23 heavy (non-hydrogen) atoms. The van der Waals surface area contributed by atoms with E-state index in [0.717, 1.165) is 22.9 Å². The van der Waals surface area contributed by atoms with Gasteiger partial charge in [0, 0.05) is 42.5 Å². The molecule has 0 unspecified atom stereocenters. The Morgan fingerprint density at radius 1 is 1.48 bits per heavy atom. The molecule has 3 heterocycles. The van der Waals surface area contributed by atoms with Crippen LogP contribution in [0.5, 0.6) is 0 Å². The first-order valence-corrected chi connectivity index (χ1v) is 8.79. The summed E-state index contributed by atoms with van der Waals surface area (Å²) in [5.74, 6) is 1.01. The van der Waals surface area contributed by atoms with E-state index >= 15 is 0 Å². The summed E-state index contributed by atoms with van der Waals surface area (Å²) in [6, 6.07) is 3.76. The zero-order chi connectivity index (χ0) is 16.6. The monoisotopic (exact) mass is 330 g/mol. The Balaban J connectivity index is 1.86. The molecule has 3 rings (SSSR count). The smallest absolute Gasteiger partial charge is 0.254 e. The molecule has 0 aromatic carbocycles. The first kappa shape index (κ1) is 16.1. The maximum Gasteiger partial charge on any atom is 0.254 e. The molecule has 2 aromatic heterocycles. The molecule has 0 N–H and O–H groups in total. The van der Waals surface area contributed by atoms with Gasteiger partial charge in [-0.05, 0) is 17.9 Å². The highest BCUT2D eigenvalue weighted by Crippen LogP contribution is 2.48. The molecule has 0 radical (unpaired) electrons. The van der Waals surface area contributed by atoms with E-state index in [1.165, 1.54) is 0 Å². The lowest BCUT2D eigenvalue weighted by molar-refractivity contribution is -0.0323. The lowest BCUT2D eigenvalue weighted by atomic mass is 9.72. The maximum absolute atomic E-state index is 12.9. The highest BCUT2D eigenvalue weighted by Gasteiger charge is 2.49. The number of thioether (sulfide) groups is 1. The summed E-state index contributed by atoms with van der Waals surface area (Å²) >= 11 is 1.65. The van der Waals surface area contributed by atoms with Gasteiger partial charge in [0.1, 0.15) is 0 Å². The number of carbonyl (C=O) groups excluding carboxylic acids is 1. The minimum absolute atomic E-state index is 0.0622. The van der Waals surface area contributed by atoms with Crippen molar-refractivity contribution in [2.75, 3.05) is 12.3 Å². The third-order valence-corrected chi connectivity index (χ3v) is 5.01. The summed E-state index contributed by atoms with van der Waals surface area (Å²) in [7, 11) is 1.90. The van der Waals surface area contributed by atoms with E-state index in [9.17, 15) is 4.79 Å². The number of hydrogen-bond acceptors (Lipinski definition) is 4. The summed E-state index contributed by atoms with van der Waals surface area (Å²) in [6.07, 6.45) is 5.57. The van der Waals surface area contributed by atoms with Gasteiger partial charge in [-0.25, -0.2) is 4.98 Å². The predicted octanol–water partition coefficient (Wildman–Crippen LogP) is 3.15. The van der Waals surface area contributed by atoms with Gasteiger partial charge in [-0.15, -0.1) is 11.8 Å². The Bertz CT molecular complexity index is 725. The Kier molecular flexibility index (Phi) is 4.19. The molecule has 6 heteroatoms. The maximum atomic E-state index is 12.9. The molecule has 122 valence electrons. The SMILES string of the molecule is CCSc1cc(C(=O)N2CC(C)(C)[C@@H]2c2cnn(C)c2)ccn1. The minimum atomic E-state index is 0.0622. The number of aryl methyl sites for hydroxylation is 1. The van der Waals surface area contributed by atoms with Crippen LogP contribution in [0.4, 0.5) is 0 Å². The summed E-state index contributed by atoms with van der Waals surface area (Å²) in [5, 5.41) is 5.15. The first-order chi connectivity index (χ1) is 10.9. The third kappa shape index (κ3) is 3.00. The number of likely N-dealkylation sites (tertiary alicyclic amines) is 1. The minimum Gasteiger partial charge on any atom is -0.330 e. The number of pyridine rings is 1. The number of aromatic nitrogens is 3. The predicted molar refractivity (Wildman–Crippen MR) is 91.4 cm³/mol. The third-order valence-electron chi connectivity index (χ3n) is 4.21. The number of nitrogens with zero attached hydrogens (tertiary/aromatic N) is 4. The lowest BCUT2D eigenvalue weighted by Gasteiger charge is -2.54.